The van der Waals surface area contributed by atoms with Crippen molar-refractivity contribution in [2.45, 2.75) is 25.9 Å². The normalized spacial score (nSPS) is 16.0. The lowest BCUT2D eigenvalue weighted by molar-refractivity contribution is -0.153. The molecular weight excluding hydrogens is 259 g/mol. The van der Waals surface area contributed by atoms with Gasteiger partial charge in [0.2, 0.25) is 5.91 Å². The van der Waals surface area contributed by atoms with Crippen LogP contribution in [0, 0.1) is 6.92 Å². The third kappa shape index (κ3) is 3.39. The maximum Gasteiger partial charge on any atom is 0.422 e. The summed E-state index contributed by atoms with van der Waals surface area (Å²) in [6.45, 7) is 1.01. The molecule has 0 aromatic heterocycles. The fraction of sp³-hybridized carbons (Fsp3) is 0.462. The van der Waals surface area contributed by atoms with Gasteiger partial charge in [-0.05, 0) is 37.1 Å². The Kier molecular flexibility index (Phi) is 3.68. The Balaban J connectivity index is 2.11. The molecule has 0 N–H and O–H groups in total. The van der Waals surface area contributed by atoms with Crippen LogP contribution in [0.5, 0.6) is 5.75 Å². The summed E-state index contributed by atoms with van der Waals surface area (Å²) < 4.78 is 40.9. The van der Waals surface area contributed by atoms with Crippen LogP contribution in [0.4, 0.5) is 18.9 Å². The van der Waals surface area contributed by atoms with Crippen molar-refractivity contribution >= 4 is 11.6 Å². The minimum absolute atomic E-state index is 0.0448. The van der Waals surface area contributed by atoms with Gasteiger partial charge in [-0.25, -0.2) is 0 Å². The van der Waals surface area contributed by atoms with Gasteiger partial charge >= 0.3 is 6.18 Å². The Morgan fingerprint density at radius 1 is 1.37 bits per heavy atom. The third-order valence-corrected chi connectivity index (χ3v) is 2.93. The van der Waals surface area contributed by atoms with Crippen LogP contribution in [0.25, 0.3) is 0 Å². The first-order valence-corrected chi connectivity index (χ1v) is 5.97. The van der Waals surface area contributed by atoms with Crippen molar-refractivity contribution in [1.82, 2.24) is 0 Å². The molecule has 3 nitrogen and oxygen atoms in total. The van der Waals surface area contributed by atoms with E-state index in [1.165, 1.54) is 6.07 Å². The maximum absolute atomic E-state index is 12.1. The number of carbonyl (C=O) groups is 1. The van der Waals surface area contributed by atoms with Gasteiger partial charge in [0.05, 0.1) is 0 Å². The largest absolute Gasteiger partial charge is 0.484 e. The van der Waals surface area contributed by atoms with E-state index < -0.39 is 12.8 Å². The standard InChI is InChI=1S/C13H14F3NO2/c1-9-7-10(17-6-2-3-12(17)18)4-5-11(9)19-8-13(14,15)16/h4-5,7H,2-3,6,8H2,1H3. The average molecular weight is 273 g/mol. The van der Waals surface area contributed by atoms with Crippen molar-refractivity contribution in [3.8, 4) is 5.75 Å². The maximum atomic E-state index is 12.1. The zero-order chi connectivity index (χ0) is 14.0. The van der Waals surface area contributed by atoms with E-state index in [-0.39, 0.29) is 11.7 Å². The van der Waals surface area contributed by atoms with Crippen molar-refractivity contribution in [3.63, 3.8) is 0 Å². The van der Waals surface area contributed by atoms with Crippen molar-refractivity contribution in [3.05, 3.63) is 23.8 Å². The summed E-state index contributed by atoms with van der Waals surface area (Å²) in [7, 11) is 0. The quantitative estimate of drug-likeness (QED) is 0.847. The van der Waals surface area contributed by atoms with E-state index in [9.17, 15) is 18.0 Å². The van der Waals surface area contributed by atoms with Gasteiger partial charge in [0, 0.05) is 18.7 Å². The summed E-state index contributed by atoms with van der Waals surface area (Å²) >= 11 is 0. The van der Waals surface area contributed by atoms with Crippen molar-refractivity contribution < 1.29 is 22.7 Å². The van der Waals surface area contributed by atoms with E-state index >= 15 is 0 Å². The van der Waals surface area contributed by atoms with Gasteiger partial charge in [0.1, 0.15) is 5.75 Å². The molecule has 0 atom stereocenters. The highest BCUT2D eigenvalue weighted by Crippen LogP contribution is 2.28. The zero-order valence-electron chi connectivity index (χ0n) is 10.5. The van der Waals surface area contributed by atoms with Gasteiger partial charge in [-0.3, -0.25) is 4.79 Å². The molecule has 0 spiro atoms. The molecule has 0 saturated carbocycles. The summed E-state index contributed by atoms with van der Waals surface area (Å²) in [4.78, 5) is 13.2. The second kappa shape index (κ2) is 5.11. The molecule has 1 aromatic rings. The number of alkyl halides is 3. The van der Waals surface area contributed by atoms with Crippen molar-refractivity contribution in [1.29, 1.82) is 0 Å². The second-order valence-corrected chi connectivity index (χ2v) is 4.50. The van der Waals surface area contributed by atoms with Crippen LogP contribution in [0.3, 0.4) is 0 Å². The number of hydrogen-bond acceptors (Lipinski definition) is 2. The Hall–Kier alpha value is -1.72. The number of benzene rings is 1. The lowest BCUT2D eigenvalue weighted by Crippen LogP contribution is -2.24. The molecule has 1 aliphatic rings. The van der Waals surface area contributed by atoms with Gasteiger partial charge in [-0.15, -0.1) is 0 Å². The number of carbonyl (C=O) groups excluding carboxylic acids is 1. The molecule has 2 rings (SSSR count). The van der Waals surface area contributed by atoms with E-state index in [0.29, 0.717) is 24.2 Å². The molecule has 1 saturated heterocycles. The molecule has 19 heavy (non-hydrogen) atoms. The molecule has 0 aliphatic carbocycles. The number of anilines is 1. The summed E-state index contributed by atoms with van der Waals surface area (Å²) in [5, 5.41) is 0. The number of nitrogens with zero attached hydrogens (tertiary/aromatic N) is 1. The van der Waals surface area contributed by atoms with Crippen LogP contribution >= 0.6 is 0 Å². The topological polar surface area (TPSA) is 29.5 Å². The van der Waals surface area contributed by atoms with Crippen LogP contribution in [0.15, 0.2) is 18.2 Å². The van der Waals surface area contributed by atoms with Gasteiger partial charge < -0.3 is 9.64 Å². The van der Waals surface area contributed by atoms with Gasteiger partial charge in [-0.2, -0.15) is 13.2 Å². The number of aryl methyl sites for hydroxylation is 1. The first-order valence-electron chi connectivity index (χ1n) is 5.97. The lowest BCUT2D eigenvalue weighted by atomic mass is 10.2. The lowest BCUT2D eigenvalue weighted by Gasteiger charge is -2.18. The summed E-state index contributed by atoms with van der Waals surface area (Å²) in [6.07, 6.45) is -3.02. The smallest absolute Gasteiger partial charge is 0.422 e. The number of ether oxygens (including phenoxy) is 1. The minimum Gasteiger partial charge on any atom is -0.484 e. The molecule has 1 fully saturated rings. The zero-order valence-corrected chi connectivity index (χ0v) is 10.5. The van der Waals surface area contributed by atoms with E-state index in [1.807, 2.05) is 0 Å². The number of amides is 1. The molecule has 0 radical (unpaired) electrons. The van der Waals surface area contributed by atoms with Crippen LogP contribution in [-0.2, 0) is 4.79 Å². The van der Waals surface area contributed by atoms with E-state index in [0.717, 1.165) is 6.42 Å². The first-order chi connectivity index (χ1) is 8.87. The Bertz CT molecular complexity index is 485. The Morgan fingerprint density at radius 2 is 2.11 bits per heavy atom. The fourth-order valence-corrected chi connectivity index (χ4v) is 2.04. The summed E-state index contributed by atoms with van der Waals surface area (Å²) in [5.74, 6) is 0.232. The van der Waals surface area contributed by atoms with Crippen LogP contribution in [-0.4, -0.2) is 25.2 Å². The number of rotatable bonds is 3. The van der Waals surface area contributed by atoms with Crippen LogP contribution in [0.1, 0.15) is 18.4 Å². The van der Waals surface area contributed by atoms with Crippen molar-refractivity contribution in [2.24, 2.45) is 0 Å². The van der Waals surface area contributed by atoms with Gasteiger partial charge in [-0.1, -0.05) is 0 Å². The molecule has 0 bridgehead atoms. The fourth-order valence-electron chi connectivity index (χ4n) is 2.04. The van der Waals surface area contributed by atoms with E-state index in [2.05, 4.69) is 0 Å². The molecule has 1 heterocycles. The predicted octanol–water partition coefficient (Wildman–Crippen LogP) is 3.06. The van der Waals surface area contributed by atoms with Gasteiger partial charge in [0.15, 0.2) is 6.61 Å². The Morgan fingerprint density at radius 3 is 2.63 bits per heavy atom. The highest BCUT2D eigenvalue weighted by molar-refractivity contribution is 5.95. The molecule has 1 aliphatic heterocycles. The summed E-state index contributed by atoms with van der Waals surface area (Å²) in [5.41, 5.74) is 1.29. The van der Waals surface area contributed by atoms with E-state index in [4.69, 9.17) is 4.74 Å². The molecule has 104 valence electrons. The predicted molar refractivity (Wildman–Crippen MR) is 64.3 cm³/mol. The summed E-state index contributed by atoms with van der Waals surface area (Å²) in [6, 6.07) is 4.76. The molecule has 6 heteroatoms. The average Bonchev–Trinajstić information content (AvgIpc) is 2.72. The minimum atomic E-state index is -4.35. The first kappa shape index (κ1) is 13.7. The Labute approximate surface area is 109 Å². The van der Waals surface area contributed by atoms with Crippen LogP contribution < -0.4 is 9.64 Å². The van der Waals surface area contributed by atoms with Gasteiger partial charge in [0.25, 0.3) is 0 Å². The van der Waals surface area contributed by atoms with Crippen molar-refractivity contribution in [2.75, 3.05) is 18.1 Å². The number of halogens is 3. The third-order valence-electron chi connectivity index (χ3n) is 2.93. The molecule has 1 amide bonds. The number of hydrogen-bond donors (Lipinski definition) is 0. The highest BCUT2D eigenvalue weighted by atomic mass is 19.4. The molecule has 1 aromatic carbocycles. The SMILES string of the molecule is Cc1cc(N2CCCC2=O)ccc1OCC(F)(F)F. The van der Waals surface area contributed by atoms with E-state index in [1.54, 1.807) is 24.0 Å². The van der Waals surface area contributed by atoms with Crippen LogP contribution in [0.2, 0.25) is 0 Å². The molecule has 0 unspecified atom stereocenters. The second-order valence-electron chi connectivity index (χ2n) is 4.50. The molecular formula is C13H14F3NO2. The monoisotopic (exact) mass is 273 g/mol. The highest BCUT2D eigenvalue weighted by Gasteiger charge is 2.29.